The second-order valence-corrected chi connectivity index (χ2v) is 8.12. The van der Waals surface area contributed by atoms with E-state index in [0.717, 1.165) is 37.5 Å². The van der Waals surface area contributed by atoms with Crippen molar-refractivity contribution in [2.45, 2.75) is 24.3 Å². The molecule has 0 unspecified atom stereocenters. The van der Waals surface area contributed by atoms with Crippen LogP contribution in [-0.4, -0.2) is 58.7 Å². The molecule has 1 aromatic carbocycles. The first kappa shape index (κ1) is 19.2. The SMILES string of the molecule is CN=C(NCc1ccc(S(C)(=O)=O)cc1)N1CCC(C(=O)OC)CC1. The number of piperidine rings is 1. The Balaban J connectivity index is 1.90. The Labute approximate surface area is 149 Å². The first-order valence-electron chi connectivity index (χ1n) is 8.17. The molecule has 0 radical (unpaired) electrons. The highest BCUT2D eigenvalue weighted by Gasteiger charge is 2.26. The molecule has 0 aromatic heterocycles. The van der Waals surface area contributed by atoms with Crippen molar-refractivity contribution in [3.8, 4) is 0 Å². The van der Waals surface area contributed by atoms with E-state index < -0.39 is 9.84 Å². The van der Waals surface area contributed by atoms with Gasteiger partial charge in [0.05, 0.1) is 17.9 Å². The van der Waals surface area contributed by atoms with Gasteiger partial charge in [-0.2, -0.15) is 0 Å². The third-order valence-electron chi connectivity index (χ3n) is 4.34. The second-order valence-electron chi connectivity index (χ2n) is 6.10. The Kier molecular flexibility index (Phi) is 6.41. The van der Waals surface area contributed by atoms with Gasteiger partial charge in [0.1, 0.15) is 0 Å². The van der Waals surface area contributed by atoms with Gasteiger partial charge in [-0.15, -0.1) is 0 Å². The van der Waals surface area contributed by atoms with Crippen LogP contribution in [0.4, 0.5) is 0 Å². The molecule has 0 saturated carbocycles. The molecule has 1 aliphatic rings. The fourth-order valence-electron chi connectivity index (χ4n) is 2.86. The molecule has 1 saturated heterocycles. The maximum absolute atomic E-state index is 11.6. The highest BCUT2D eigenvalue weighted by Crippen LogP contribution is 2.18. The summed E-state index contributed by atoms with van der Waals surface area (Å²) in [4.78, 5) is 18.3. The molecule has 0 amide bonds. The third-order valence-corrected chi connectivity index (χ3v) is 5.47. The van der Waals surface area contributed by atoms with Crippen molar-refractivity contribution in [1.29, 1.82) is 0 Å². The first-order chi connectivity index (χ1) is 11.8. The number of hydrogen-bond acceptors (Lipinski definition) is 5. The van der Waals surface area contributed by atoms with E-state index in [-0.39, 0.29) is 11.9 Å². The predicted molar refractivity (Wildman–Crippen MR) is 96.1 cm³/mol. The number of sulfone groups is 1. The smallest absolute Gasteiger partial charge is 0.308 e. The number of nitrogens with one attached hydrogen (secondary N) is 1. The highest BCUT2D eigenvalue weighted by molar-refractivity contribution is 7.90. The summed E-state index contributed by atoms with van der Waals surface area (Å²) in [5.41, 5.74) is 0.970. The lowest BCUT2D eigenvalue weighted by Gasteiger charge is -2.33. The van der Waals surface area contributed by atoms with Crippen molar-refractivity contribution < 1.29 is 17.9 Å². The normalized spacial score (nSPS) is 16.6. The quantitative estimate of drug-likeness (QED) is 0.486. The summed E-state index contributed by atoms with van der Waals surface area (Å²) in [7, 11) is -0.0328. The highest BCUT2D eigenvalue weighted by atomic mass is 32.2. The Morgan fingerprint density at radius 2 is 1.88 bits per heavy atom. The average molecular weight is 367 g/mol. The van der Waals surface area contributed by atoms with Gasteiger partial charge in [-0.05, 0) is 30.5 Å². The number of benzene rings is 1. The van der Waals surface area contributed by atoms with E-state index in [2.05, 4.69) is 15.2 Å². The molecule has 138 valence electrons. The maximum atomic E-state index is 11.6. The number of guanidine groups is 1. The molecule has 0 atom stereocenters. The lowest BCUT2D eigenvalue weighted by molar-refractivity contribution is -0.146. The van der Waals surface area contributed by atoms with Gasteiger partial charge in [-0.25, -0.2) is 8.42 Å². The van der Waals surface area contributed by atoms with Gasteiger partial charge in [-0.3, -0.25) is 9.79 Å². The van der Waals surface area contributed by atoms with E-state index >= 15 is 0 Å². The van der Waals surface area contributed by atoms with Crippen LogP contribution in [0.5, 0.6) is 0 Å². The van der Waals surface area contributed by atoms with Crippen molar-refractivity contribution in [1.82, 2.24) is 10.2 Å². The van der Waals surface area contributed by atoms with E-state index in [1.54, 1.807) is 31.3 Å². The number of rotatable bonds is 4. The molecular formula is C17H25N3O4S. The van der Waals surface area contributed by atoms with Gasteiger partial charge in [0.15, 0.2) is 15.8 Å². The Bertz CT molecular complexity index is 721. The summed E-state index contributed by atoms with van der Waals surface area (Å²) in [6.07, 6.45) is 2.69. The largest absolute Gasteiger partial charge is 0.469 e. The maximum Gasteiger partial charge on any atom is 0.308 e. The van der Waals surface area contributed by atoms with Gasteiger partial charge in [0.2, 0.25) is 0 Å². The summed E-state index contributed by atoms with van der Waals surface area (Å²) >= 11 is 0. The van der Waals surface area contributed by atoms with Crippen LogP contribution in [-0.2, 0) is 25.9 Å². The van der Waals surface area contributed by atoms with Crippen LogP contribution in [0, 0.1) is 5.92 Å². The van der Waals surface area contributed by atoms with E-state index in [0.29, 0.717) is 11.4 Å². The van der Waals surface area contributed by atoms with E-state index in [4.69, 9.17) is 4.74 Å². The molecule has 1 aliphatic heterocycles. The van der Waals surface area contributed by atoms with Gasteiger partial charge in [0, 0.05) is 32.9 Å². The van der Waals surface area contributed by atoms with E-state index in [1.807, 2.05) is 0 Å². The topological polar surface area (TPSA) is 88.1 Å². The van der Waals surface area contributed by atoms with Crippen LogP contribution >= 0.6 is 0 Å². The van der Waals surface area contributed by atoms with Crippen LogP contribution in [0.3, 0.4) is 0 Å². The minimum atomic E-state index is -3.18. The fourth-order valence-corrected chi connectivity index (χ4v) is 3.49. The summed E-state index contributed by atoms with van der Waals surface area (Å²) in [6, 6.07) is 6.80. The Morgan fingerprint density at radius 1 is 1.28 bits per heavy atom. The van der Waals surface area contributed by atoms with Crippen molar-refractivity contribution in [3.63, 3.8) is 0 Å². The summed E-state index contributed by atoms with van der Waals surface area (Å²) < 4.78 is 27.8. The molecule has 0 spiro atoms. The standard InChI is InChI=1S/C17H25N3O4S/c1-18-17(20-10-8-14(9-11-20)16(21)24-2)19-12-13-4-6-15(7-5-13)25(3,22)23/h4-7,14H,8-12H2,1-3H3,(H,18,19). The van der Waals surface area contributed by atoms with Crippen molar-refractivity contribution >= 4 is 21.8 Å². The van der Waals surface area contributed by atoms with E-state index in [9.17, 15) is 13.2 Å². The van der Waals surface area contributed by atoms with Gasteiger partial charge in [-0.1, -0.05) is 12.1 Å². The minimum Gasteiger partial charge on any atom is -0.469 e. The van der Waals surface area contributed by atoms with Crippen molar-refractivity contribution in [2.24, 2.45) is 10.9 Å². The lowest BCUT2D eigenvalue weighted by atomic mass is 9.97. The number of aliphatic imine (C=N–C) groups is 1. The average Bonchev–Trinajstić information content (AvgIpc) is 2.61. The number of esters is 1. The Hall–Kier alpha value is -2.09. The lowest BCUT2D eigenvalue weighted by Crippen LogP contribution is -2.46. The number of carbonyl (C=O) groups excluding carboxylic acids is 1. The molecule has 0 aliphatic carbocycles. The minimum absolute atomic E-state index is 0.0390. The number of carbonyl (C=O) groups is 1. The van der Waals surface area contributed by atoms with Crippen LogP contribution < -0.4 is 5.32 Å². The van der Waals surface area contributed by atoms with Gasteiger partial charge in [0.25, 0.3) is 0 Å². The van der Waals surface area contributed by atoms with Crippen molar-refractivity contribution in [3.05, 3.63) is 29.8 Å². The molecule has 1 aromatic rings. The molecule has 1 fully saturated rings. The molecule has 1 heterocycles. The molecule has 7 nitrogen and oxygen atoms in total. The zero-order chi connectivity index (χ0) is 18.4. The van der Waals surface area contributed by atoms with Crippen molar-refractivity contribution in [2.75, 3.05) is 33.5 Å². The van der Waals surface area contributed by atoms with Crippen LogP contribution in [0.2, 0.25) is 0 Å². The number of nitrogens with zero attached hydrogens (tertiary/aromatic N) is 2. The molecule has 0 bridgehead atoms. The first-order valence-corrected chi connectivity index (χ1v) is 10.1. The van der Waals surface area contributed by atoms with E-state index in [1.165, 1.54) is 13.4 Å². The fraction of sp³-hybridized carbons (Fsp3) is 0.529. The predicted octanol–water partition coefficient (Wildman–Crippen LogP) is 1.05. The van der Waals surface area contributed by atoms with Gasteiger partial charge < -0.3 is 15.0 Å². The summed E-state index contributed by atoms with van der Waals surface area (Å²) in [5, 5.41) is 3.28. The number of hydrogen-bond donors (Lipinski definition) is 1. The molecule has 2 rings (SSSR count). The number of methoxy groups -OCH3 is 1. The summed E-state index contributed by atoms with van der Waals surface area (Å²) in [5.74, 6) is 0.590. The summed E-state index contributed by atoms with van der Waals surface area (Å²) in [6.45, 7) is 2.03. The zero-order valence-electron chi connectivity index (χ0n) is 14.9. The second kappa shape index (κ2) is 8.33. The monoisotopic (exact) mass is 367 g/mol. The van der Waals surface area contributed by atoms with Crippen LogP contribution in [0.15, 0.2) is 34.2 Å². The number of likely N-dealkylation sites (tertiary alicyclic amines) is 1. The van der Waals surface area contributed by atoms with Crippen LogP contribution in [0.1, 0.15) is 18.4 Å². The zero-order valence-corrected chi connectivity index (χ0v) is 15.7. The Morgan fingerprint density at radius 3 is 2.36 bits per heavy atom. The third kappa shape index (κ3) is 5.19. The van der Waals surface area contributed by atoms with Gasteiger partial charge >= 0.3 is 5.97 Å². The molecule has 1 N–H and O–H groups in total. The molecular weight excluding hydrogens is 342 g/mol. The van der Waals surface area contributed by atoms with Crippen LogP contribution in [0.25, 0.3) is 0 Å². The number of ether oxygens (including phenoxy) is 1. The molecule has 8 heteroatoms. The molecule has 25 heavy (non-hydrogen) atoms.